The fraction of sp³-hybridized carbons (Fsp3) is 0.909. The lowest BCUT2D eigenvalue weighted by molar-refractivity contribution is -0.137. The van der Waals surface area contributed by atoms with Crippen molar-refractivity contribution >= 4 is 33.5 Å². The van der Waals surface area contributed by atoms with Crippen molar-refractivity contribution in [3.8, 4) is 0 Å². The van der Waals surface area contributed by atoms with Crippen molar-refractivity contribution in [1.82, 2.24) is 0 Å². The smallest absolute Gasteiger partial charge is 0.317 e. The molecule has 2 N–H and O–H groups in total. The second-order valence-electron chi connectivity index (χ2n) is 7.67. The van der Waals surface area contributed by atoms with Gasteiger partial charge in [-0.2, -0.15) is 0 Å². The quantitative estimate of drug-likeness (QED) is 0.143. The molecule has 0 spiro atoms. The normalized spacial score (nSPS) is 13.4. The zero-order valence-corrected chi connectivity index (χ0v) is 19.6. The molecule has 2 unspecified atom stereocenters. The number of unbranched alkanes of at least 4 members (excludes halogenated alkanes) is 12. The molecule has 0 radical (unpaired) electrons. The van der Waals surface area contributed by atoms with E-state index in [-0.39, 0.29) is 0 Å². The van der Waals surface area contributed by atoms with Crippen LogP contribution in [0.3, 0.4) is 0 Å². The van der Waals surface area contributed by atoms with Crippen molar-refractivity contribution in [3.05, 3.63) is 0 Å². The highest BCUT2D eigenvalue weighted by molar-refractivity contribution is 8.77. The van der Waals surface area contributed by atoms with Gasteiger partial charge in [0, 0.05) is 0 Å². The van der Waals surface area contributed by atoms with Crippen molar-refractivity contribution in [1.29, 1.82) is 0 Å². The molecule has 0 aromatic carbocycles. The number of carboxylic acids is 2. The van der Waals surface area contributed by atoms with Crippen molar-refractivity contribution in [2.75, 3.05) is 0 Å². The third-order valence-corrected chi connectivity index (χ3v) is 8.16. The molecule has 2 atom stereocenters. The van der Waals surface area contributed by atoms with Gasteiger partial charge in [0.05, 0.1) is 0 Å². The molecule has 166 valence electrons. The Kier molecular flexibility index (Phi) is 19.7. The molecular formula is C22H42O4S2. The first kappa shape index (κ1) is 27.6. The first-order chi connectivity index (χ1) is 13.5. The van der Waals surface area contributed by atoms with Gasteiger partial charge in [0.25, 0.3) is 0 Å². The minimum atomic E-state index is -0.816. The molecular weight excluding hydrogens is 392 g/mol. The molecule has 0 fully saturated rings. The van der Waals surface area contributed by atoms with Crippen LogP contribution in [0.2, 0.25) is 0 Å². The summed E-state index contributed by atoms with van der Waals surface area (Å²) in [6.07, 6.45) is 17.6. The Labute approximate surface area is 180 Å². The zero-order chi connectivity index (χ0) is 21.0. The van der Waals surface area contributed by atoms with Crippen molar-refractivity contribution in [2.45, 2.75) is 127 Å². The zero-order valence-electron chi connectivity index (χ0n) is 18.0. The third-order valence-electron chi connectivity index (χ3n) is 4.98. The van der Waals surface area contributed by atoms with E-state index in [9.17, 15) is 19.8 Å². The summed E-state index contributed by atoms with van der Waals surface area (Å²) in [6.45, 7) is 4.40. The van der Waals surface area contributed by atoms with Crippen LogP contribution in [0.1, 0.15) is 117 Å². The van der Waals surface area contributed by atoms with Gasteiger partial charge in [-0.05, 0) is 12.8 Å². The molecule has 0 rings (SSSR count). The lowest BCUT2D eigenvalue weighted by Gasteiger charge is -2.15. The first-order valence-corrected chi connectivity index (χ1v) is 13.6. The van der Waals surface area contributed by atoms with Crippen LogP contribution in [0.4, 0.5) is 0 Å². The molecule has 28 heavy (non-hydrogen) atoms. The van der Waals surface area contributed by atoms with E-state index in [2.05, 4.69) is 13.8 Å². The predicted molar refractivity (Wildman–Crippen MR) is 123 cm³/mol. The molecule has 6 heteroatoms. The van der Waals surface area contributed by atoms with Crippen molar-refractivity contribution < 1.29 is 19.8 Å². The van der Waals surface area contributed by atoms with Crippen LogP contribution in [-0.2, 0) is 9.59 Å². The summed E-state index contributed by atoms with van der Waals surface area (Å²) >= 11 is 0. The first-order valence-electron chi connectivity index (χ1n) is 11.3. The Morgan fingerprint density at radius 2 is 0.857 bits per heavy atom. The van der Waals surface area contributed by atoms with Crippen LogP contribution in [-0.4, -0.2) is 32.7 Å². The van der Waals surface area contributed by atoms with Gasteiger partial charge in [-0.3, -0.25) is 9.59 Å². The van der Waals surface area contributed by atoms with E-state index >= 15 is 0 Å². The van der Waals surface area contributed by atoms with Crippen molar-refractivity contribution in [2.24, 2.45) is 0 Å². The summed E-state index contributed by atoms with van der Waals surface area (Å²) in [7, 11) is 2.50. The van der Waals surface area contributed by atoms with Gasteiger partial charge in [0.2, 0.25) is 0 Å². The average Bonchev–Trinajstić information content (AvgIpc) is 2.66. The molecule has 0 aromatic rings. The third kappa shape index (κ3) is 16.6. The van der Waals surface area contributed by atoms with Crippen LogP contribution in [0.5, 0.6) is 0 Å². The Morgan fingerprint density at radius 1 is 0.571 bits per heavy atom. The monoisotopic (exact) mass is 434 g/mol. The van der Waals surface area contributed by atoms with Gasteiger partial charge in [0.15, 0.2) is 0 Å². The second kappa shape index (κ2) is 19.9. The molecule has 0 aliphatic carbocycles. The minimum absolute atomic E-state index is 0.503. The average molecular weight is 435 g/mol. The molecule has 0 aromatic heterocycles. The molecule has 0 saturated carbocycles. The van der Waals surface area contributed by atoms with Gasteiger partial charge in [-0.15, -0.1) is 0 Å². The highest BCUT2D eigenvalue weighted by Crippen LogP contribution is 2.36. The summed E-state index contributed by atoms with van der Waals surface area (Å²) in [5.41, 5.74) is 0. The van der Waals surface area contributed by atoms with Crippen LogP contribution >= 0.6 is 21.6 Å². The molecule has 0 amide bonds. The fourth-order valence-electron chi connectivity index (χ4n) is 3.13. The maximum absolute atomic E-state index is 11.5. The van der Waals surface area contributed by atoms with E-state index in [1.165, 1.54) is 85.8 Å². The minimum Gasteiger partial charge on any atom is -0.480 e. The number of hydrogen-bond acceptors (Lipinski definition) is 4. The summed E-state index contributed by atoms with van der Waals surface area (Å²) in [5, 5.41) is 17.9. The maximum atomic E-state index is 11.5. The van der Waals surface area contributed by atoms with E-state index < -0.39 is 22.4 Å². The SMILES string of the molecule is CCCCCCCCCC(SSC(CCCCCCCCC)C(=O)O)C(=O)O. The highest BCUT2D eigenvalue weighted by atomic mass is 33.1. The Morgan fingerprint density at radius 3 is 1.14 bits per heavy atom. The largest absolute Gasteiger partial charge is 0.480 e. The summed E-state index contributed by atoms with van der Waals surface area (Å²) in [4.78, 5) is 23.0. The van der Waals surface area contributed by atoms with Gasteiger partial charge in [0.1, 0.15) is 10.5 Å². The maximum Gasteiger partial charge on any atom is 0.317 e. The number of carboxylic acid groups (broad SMARTS) is 2. The van der Waals surface area contributed by atoms with Crippen LogP contribution < -0.4 is 0 Å². The number of carbonyl (C=O) groups is 2. The Hall–Kier alpha value is -0.360. The van der Waals surface area contributed by atoms with E-state index in [0.29, 0.717) is 12.8 Å². The van der Waals surface area contributed by atoms with Crippen molar-refractivity contribution in [3.63, 3.8) is 0 Å². The van der Waals surface area contributed by atoms with E-state index in [1.54, 1.807) is 0 Å². The Balaban J connectivity index is 4.01. The molecule has 4 nitrogen and oxygen atoms in total. The van der Waals surface area contributed by atoms with E-state index in [1.807, 2.05) is 0 Å². The van der Waals surface area contributed by atoms with Crippen LogP contribution in [0.15, 0.2) is 0 Å². The second-order valence-corrected chi connectivity index (χ2v) is 10.3. The van der Waals surface area contributed by atoms with Gasteiger partial charge in [-0.25, -0.2) is 0 Å². The summed E-state index contributed by atoms with van der Waals surface area (Å²) in [5.74, 6) is -1.63. The van der Waals surface area contributed by atoms with Gasteiger partial charge < -0.3 is 10.2 Å². The molecule has 0 aliphatic heterocycles. The van der Waals surface area contributed by atoms with E-state index in [0.717, 1.165) is 25.7 Å². The fourth-order valence-corrected chi connectivity index (χ4v) is 5.97. The lowest BCUT2D eigenvalue weighted by atomic mass is 10.1. The molecule has 0 bridgehead atoms. The molecule has 0 heterocycles. The summed E-state index contributed by atoms with van der Waals surface area (Å²) < 4.78 is 0. The van der Waals surface area contributed by atoms with Gasteiger partial charge >= 0.3 is 11.9 Å². The standard InChI is InChI=1S/C22H42O4S2/c1-3-5-7-9-11-13-15-17-19(21(23)24)27-28-20(22(25)26)18-16-14-12-10-8-6-4-2/h19-20H,3-18H2,1-2H3,(H,23,24)(H,25,26). The van der Waals surface area contributed by atoms with Crippen LogP contribution in [0, 0.1) is 0 Å². The van der Waals surface area contributed by atoms with Gasteiger partial charge in [-0.1, -0.05) is 125 Å². The number of rotatable bonds is 21. The Bertz CT molecular complexity index is 355. The highest BCUT2D eigenvalue weighted by Gasteiger charge is 2.24. The summed E-state index contributed by atoms with van der Waals surface area (Å²) in [6, 6.07) is 0. The molecule has 0 aliphatic rings. The number of aliphatic carboxylic acids is 2. The molecule has 0 saturated heterocycles. The van der Waals surface area contributed by atoms with Crippen LogP contribution in [0.25, 0.3) is 0 Å². The topological polar surface area (TPSA) is 74.6 Å². The number of hydrogen-bond donors (Lipinski definition) is 2. The van der Waals surface area contributed by atoms with E-state index in [4.69, 9.17) is 0 Å². The predicted octanol–water partition coefficient (Wildman–Crippen LogP) is 7.56. The lowest BCUT2D eigenvalue weighted by Crippen LogP contribution is -2.19.